The van der Waals surface area contributed by atoms with Gasteiger partial charge >= 0.3 is 6.09 Å². The van der Waals surface area contributed by atoms with Crippen LogP contribution in [0.4, 0.5) is 14.9 Å². The van der Waals surface area contributed by atoms with Gasteiger partial charge in [-0.15, -0.1) is 0 Å². The van der Waals surface area contributed by atoms with Gasteiger partial charge in [0, 0.05) is 17.6 Å². The lowest BCUT2D eigenvalue weighted by Gasteiger charge is -2.15. The Hall–Kier alpha value is -3.27. The number of halogens is 2. The predicted molar refractivity (Wildman–Crippen MR) is 111 cm³/mol. The van der Waals surface area contributed by atoms with Crippen LogP contribution in [0, 0.1) is 5.82 Å². The van der Waals surface area contributed by atoms with Gasteiger partial charge < -0.3 is 10.1 Å². The molecular weight excluding hydrogens is 457 g/mol. The molecule has 1 fully saturated rings. The van der Waals surface area contributed by atoms with Crippen LogP contribution in [-0.4, -0.2) is 46.0 Å². The molecule has 0 radical (unpaired) electrons. The van der Waals surface area contributed by atoms with Crippen LogP contribution in [0.3, 0.4) is 0 Å². The molecule has 1 N–H and O–H groups in total. The molecule has 3 aromatic rings. The molecule has 154 valence electrons. The molecule has 0 unspecified atom stereocenters. The quantitative estimate of drug-likeness (QED) is 0.613. The van der Waals surface area contributed by atoms with E-state index >= 15 is 0 Å². The lowest BCUT2D eigenvalue weighted by Crippen LogP contribution is -2.33. The first kappa shape index (κ1) is 20.0. The number of hydrogen-bond acceptors (Lipinski definition) is 5. The molecule has 2 amide bonds. The Balaban J connectivity index is 1.58. The third-order valence-corrected chi connectivity index (χ3v) is 5.03. The Morgan fingerprint density at radius 1 is 1.33 bits per heavy atom. The molecule has 3 heterocycles. The smallest absolute Gasteiger partial charge is 0.414 e. The Kier molecular flexibility index (Phi) is 5.49. The van der Waals surface area contributed by atoms with E-state index in [2.05, 4.69) is 31.3 Å². The average molecular weight is 474 g/mol. The molecule has 1 aromatic carbocycles. The van der Waals surface area contributed by atoms with Crippen molar-refractivity contribution in [2.75, 3.05) is 18.0 Å². The van der Waals surface area contributed by atoms with E-state index < -0.39 is 18.0 Å². The van der Waals surface area contributed by atoms with Gasteiger partial charge in [0.2, 0.25) is 5.91 Å². The van der Waals surface area contributed by atoms with Crippen molar-refractivity contribution in [3.8, 4) is 17.1 Å². The highest BCUT2D eigenvalue weighted by Crippen LogP contribution is 2.28. The number of pyridine rings is 1. The summed E-state index contributed by atoms with van der Waals surface area (Å²) in [4.78, 5) is 28.9. The fourth-order valence-electron chi connectivity index (χ4n) is 3.15. The second-order valence-corrected chi connectivity index (χ2v) is 7.59. The summed E-state index contributed by atoms with van der Waals surface area (Å²) in [5.41, 5.74) is 1.86. The van der Waals surface area contributed by atoms with Crippen LogP contribution in [-0.2, 0) is 9.53 Å². The van der Waals surface area contributed by atoms with Crippen LogP contribution < -0.4 is 10.2 Å². The first-order valence-electron chi connectivity index (χ1n) is 9.11. The molecule has 30 heavy (non-hydrogen) atoms. The molecule has 10 heteroatoms. The normalized spacial score (nSPS) is 15.9. The summed E-state index contributed by atoms with van der Waals surface area (Å²) in [6.07, 6.45) is 2.14. The number of nitrogens with zero attached hydrogens (tertiary/aromatic N) is 4. The Labute approximate surface area is 179 Å². The number of hydrogen-bond donors (Lipinski definition) is 1. The summed E-state index contributed by atoms with van der Waals surface area (Å²) in [5.74, 6) is -0.761. The standard InChI is InChI=1S/C20H17BrFN5O3/c1-12(28)23-10-15-11-26(20(29)30-15)14-3-5-18(16(22)8-14)27-19(6-7-25-27)17-4-2-13(21)9-24-17/h2-9,15H,10-11H2,1H3,(H,23,28)/t15-/m0/s1. The molecule has 1 atom stereocenters. The fourth-order valence-corrected chi connectivity index (χ4v) is 3.38. The van der Waals surface area contributed by atoms with E-state index in [1.54, 1.807) is 36.7 Å². The van der Waals surface area contributed by atoms with Gasteiger partial charge in [0.05, 0.1) is 36.4 Å². The second-order valence-electron chi connectivity index (χ2n) is 6.68. The fraction of sp³-hybridized carbons (Fsp3) is 0.200. The number of carbonyl (C=O) groups excluding carboxylic acids is 2. The number of nitrogens with one attached hydrogen (secondary N) is 1. The first-order chi connectivity index (χ1) is 14.4. The van der Waals surface area contributed by atoms with Gasteiger partial charge in [-0.3, -0.25) is 14.7 Å². The molecule has 1 aliphatic rings. The van der Waals surface area contributed by atoms with Crippen LogP contribution in [0.2, 0.25) is 0 Å². The monoisotopic (exact) mass is 473 g/mol. The molecule has 2 aromatic heterocycles. The number of aromatic nitrogens is 3. The van der Waals surface area contributed by atoms with Gasteiger partial charge in [-0.1, -0.05) is 0 Å². The predicted octanol–water partition coefficient (Wildman–Crippen LogP) is 3.30. The van der Waals surface area contributed by atoms with Gasteiger partial charge in [-0.05, 0) is 52.3 Å². The van der Waals surface area contributed by atoms with E-state index in [9.17, 15) is 14.0 Å². The summed E-state index contributed by atoms with van der Waals surface area (Å²) in [7, 11) is 0. The van der Waals surface area contributed by atoms with Crippen molar-refractivity contribution in [1.82, 2.24) is 20.1 Å². The molecule has 0 bridgehead atoms. The Bertz CT molecular complexity index is 1100. The zero-order valence-corrected chi connectivity index (χ0v) is 17.5. The summed E-state index contributed by atoms with van der Waals surface area (Å²) >= 11 is 3.34. The number of cyclic esters (lactones) is 1. The molecule has 0 saturated carbocycles. The van der Waals surface area contributed by atoms with Crippen molar-refractivity contribution in [1.29, 1.82) is 0 Å². The zero-order chi connectivity index (χ0) is 21.3. The summed E-state index contributed by atoms with van der Waals surface area (Å²) in [6.45, 7) is 1.80. The highest BCUT2D eigenvalue weighted by atomic mass is 79.9. The van der Waals surface area contributed by atoms with Crippen LogP contribution in [0.25, 0.3) is 17.1 Å². The largest absolute Gasteiger partial charge is 0.442 e. The van der Waals surface area contributed by atoms with E-state index in [0.29, 0.717) is 17.1 Å². The molecule has 1 saturated heterocycles. The third-order valence-electron chi connectivity index (χ3n) is 4.56. The molecular formula is C20H17BrFN5O3. The van der Waals surface area contributed by atoms with Crippen molar-refractivity contribution in [2.45, 2.75) is 13.0 Å². The van der Waals surface area contributed by atoms with Gasteiger partial charge in [0.15, 0.2) is 5.82 Å². The average Bonchev–Trinajstić information content (AvgIpc) is 3.33. The minimum Gasteiger partial charge on any atom is -0.442 e. The molecule has 0 aliphatic carbocycles. The highest BCUT2D eigenvalue weighted by Gasteiger charge is 2.32. The number of benzene rings is 1. The number of anilines is 1. The van der Waals surface area contributed by atoms with E-state index in [0.717, 1.165) is 4.47 Å². The summed E-state index contributed by atoms with van der Waals surface area (Å²) in [6, 6.07) is 9.83. The Morgan fingerprint density at radius 2 is 2.17 bits per heavy atom. The minimum absolute atomic E-state index is 0.203. The number of ether oxygens (including phenoxy) is 1. The lowest BCUT2D eigenvalue weighted by molar-refractivity contribution is -0.119. The van der Waals surface area contributed by atoms with Crippen molar-refractivity contribution in [3.05, 3.63) is 59.1 Å². The maximum atomic E-state index is 15.0. The minimum atomic E-state index is -0.587. The maximum absolute atomic E-state index is 15.0. The molecule has 1 aliphatic heterocycles. The lowest BCUT2D eigenvalue weighted by atomic mass is 10.2. The van der Waals surface area contributed by atoms with Crippen molar-refractivity contribution in [2.24, 2.45) is 0 Å². The van der Waals surface area contributed by atoms with Crippen molar-refractivity contribution in [3.63, 3.8) is 0 Å². The van der Waals surface area contributed by atoms with Crippen LogP contribution >= 0.6 is 15.9 Å². The Morgan fingerprint density at radius 3 is 2.87 bits per heavy atom. The van der Waals surface area contributed by atoms with Gasteiger partial charge in [-0.2, -0.15) is 5.10 Å². The number of carbonyl (C=O) groups is 2. The first-order valence-corrected chi connectivity index (χ1v) is 9.90. The highest BCUT2D eigenvalue weighted by molar-refractivity contribution is 9.10. The SMILES string of the molecule is CC(=O)NC[C@H]1CN(c2ccc(-n3nccc3-c3ccc(Br)cn3)c(F)c2)C(=O)O1. The van der Waals surface area contributed by atoms with E-state index in [1.165, 1.54) is 22.6 Å². The zero-order valence-electron chi connectivity index (χ0n) is 15.9. The van der Waals surface area contributed by atoms with Crippen LogP contribution in [0.15, 0.2) is 53.3 Å². The molecule has 0 spiro atoms. The number of rotatable bonds is 5. The van der Waals surface area contributed by atoms with Gasteiger partial charge in [0.25, 0.3) is 0 Å². The van der Waals surface area contributed by atoms with Crippen LogP contribution in [0.1, 0.15) is 6.92 Å². The summed E-state index contributed by atoms with van der Waals surface area (Å²) < 4.78 is 22.5. The topological polar surface area (TPSA) is 89.4 Å². The van der Waals surface area contributed by atoms with Crippen molar-refractivity contribution < 1.29 is 18.7 Å². The third kappa shape index (κ3) is 4.04. The van der Waals surface area contributed by atoms with E-state index in [4.69, 9.17) is 4.74 Å². The van der Waals surface area contributed by atoms with Crippen molar-refractivity contribution >= 4 is 33.6 Å². The van der Waals surface area contributed by atoms with Crippen LogP contribution in [0.5, 0.6) is 0 Å². The molecule has 4 rings (SSSR count). The summed E-state index contributed by atoms with van der Waals surface area (Å²) in [5, 5.41) is 6.83. The van der Waals surface area contributed by atoms with Gasteiger partial charge in [0.1, 0.15) is 11.8 Å². The number of amides is 2. The van der Waals surface area contributed by atoms with E-state index in [1.807, 2.05) is 6.07 Å². The second kappa shape index (κ2) is 8.23. The van der Waals surface area contributed by atoms with E-state index in [-0.39, 0.29) is 24.7 Å². The maximum Gasteiger partial charge on any atom is 0.414 e. The molecule has 8 nitrogen and oxygen atoms in total. The van der Waals surface area contributed by atoms with Gasteiger partial charge in [-0.25, -0.2) is 13.9 Å².